The quantitative estimate of drug-likeness (QED) is 0.813. The average molecular weight is 323 g/mol. The Balaban J connectivity index is 2.56. The maximum atomic E-state index is 12.0. The molecule has 0 bridgehead atoms. The molecule has 0 radical (unpaired) electrons. The van der Waals surface area contributed by atoms with Gasteiger partial charge in [0.05, 0.1) is 10.6 Å². The summed E-state index contributed by atoms with van der Waals surface area (Å²) in [5.74, 6) is -0.439. The predicted molar refractivity (Wildman–Crippen MR) is 84.4 cm³/mol. The van der Waals surface area contributed by atoms with Crippen LogP contribution in [0.25, 0.3) is 0 Å². The van der Waals surface area contributed by atoms with Gasteiger partial charge in [-0.3, -0.25) is 9.59 Å². The number of hydrogen-bond donors (Lipinski definition) is 1. The van der Waals surface area contributed by atoms with E-state index in [9.17, 15) is 9.59 Å². The van der Waals surface area contributed by atoms with Crippen molar-refractivity contribution in [3.05, 3.63) is 28.8 Å². The van der Waals surface area contributed by atoms with Crippen LogP contribution in [0.3, 0.4) is 0 Å². The van der Waals surface area contributed by atoms with E-state index in [2.05, 4.69) is 5.32 Å². The molecule has 0 saturated carbocycles. The van der Waals surface area contributed by atoms with Gasteiger partial charge < -0.3 is 10.1 Å². The zero-order valence-electron chi connectivity index (χ0n) is 12.9. The second-order valence-electron chi connectivity index (χ2n) is 5.36. The smallest absolute Gasteiger partial charge is 0.306 e. The van der Waals surface area contributed by atoms with Crippen LogP contribution in [0, 0.1) is 17.2 Å². The van der Waals surface area contributed by atoms with Crippen LogP contribution in [0.5, 0.6) is 0 Å². The van der Waals surface area contributed by atoms with Crippen molar-refractivity contribution in [1.82, 2.24) is 0 Å². The number of carbonyl (C=O) groups is 2. The summed E-state index contributed by atoms with van der Waals surface area (Å²) in [6.07, 6.45) is 0.116. The van der Waals surface area contributed by atoms with Crippen LogP contribution in [-0.2, 0) is 14.3 Å². The van der Waals surface area contributed by atoms with Gasteiger partial charge in [0.1, 0.15) is 6.07 Å². The van der Waals surface area contributed by atoms with Crippen molar-refractivity contribution >= 4 is 29.2 Å². The number of nitriles is 1. The Hall–Kier alpha value is -2.06. The van der Waals surface area contributed by atoms with Crippen molar-refractivity contribution in [3.8, 4) is 6.07 Å². The molecule has 22 heavy (non-hydrogen) atoms. The van der Waals surface area contributed by atoms with E-state index in [0.717, 1.165) is 6.42 Å². The first kappa shape index (κ1) is 18.0. The number of anilines is 1. The number of carbonyl (C=O) groups excluding carboxylic acids is 2. The third-order valence-electron chi connectivity index (χ3n) is 2.96. The molecule has 1 atom stereocenters. The van der Waals surface area contributed by atoms with E-state index < -0.39 is 18.0 Å². The number of rotatable bonds is 6. The fourth-order valence-corrected chi connectivity index (χ4v) is 1.87. The molecule has 6 heteroatoms. The van der Waals surface area contributed by atoms with Gasteiger partial charge in [0.2, 0.25) is 0 Å². The zero-order chi connectivity index (χ0) is 16.7. The first-order valence-corrected chi connectivity index (χ1v) is 7.41. The summed E-state index contributed by atoms with van der Waals surface area (Å²) in [5, 5.41) is 11.6. The standard InChI is InChI=1S/C16H19ClN2O3/c1-10(2)4-7-15(20)22-11(3)16(21)19-13-6-5-12(9-18)14(17)8-13/h5-6,8,10-11H,4,7H2,1-3H3,(H,19,21)/t11-/m1/s1. The van der Waals surface area contributed by atoms with Crippen molar-refractivity contribution in [3.63, 3.8) is 0 Å². The highest BCUT2D eigenvalue weighted by Crippen LogP contribution is 2.20. The molecule has 0 spiro atoms. The molecule has 0 saturated heterocycles. The second-order valence-corrected chi connectivity index (χ2v) is 5.77. The van der Waals surface area contributed by atoms with Gasteiger partial charge in [-0.15, -0.1) is 0 Å². The lowest BCUT2D eigenvalue weighted by molar-refractivity contribution is -0.153. The Morgan fingerprint density at radius 3 is 2.59 bits per heavy atom. The van der Waals surface area contributed by atoms with E-state index in [0.29, 0.717) is 17.2 Å². The van der Waals surface area contributed by atoms with E-state index in [1.807, 2.05) is 19.9 Å². The number of benzene rings is 1. The molecule has 1 amide bonds. The average Bonchev–Trinajstić information content (AvgIpc) is 2.45. The van der Waals surface area contributed by atoms with Crippen LogP contribution in [0.15, 0.2) is 18.2 Å². The van der Waals surface area contributed by atoms with Gasteiger partial charge in [0.15, 0.2) is 6.10 Å². The number of halogens is 1. The molecule has 118 valence electrons. The summed E-state index contributed by atoms with van der Waals surface area (Å²) in [5.41, 5.74) is 0.770. The van der Waals surface area contributed by atoms with Crippen molar-refractivity contribution in [2.24, 2.45) is 5.92 Å². The van der Waals surface area contributed by atoms with Gasteiger partial charge in [-0.05, 0) is 37.5 Å². The molecule has 1 N–H and O–H groups in total. The van der Waals surface area contributed by atoms with Crippen molar-refractivity contribution < 1.29 is 14.3 Å². The topological polar surface area (TPSA) is 79.2 Å². The molecule has 0 aliphatic heterocycles. The van der Waals surface area contributed by atoms with E-state index in [1.165, 1.54) is 19.1 Å². The van der Waals surface area contributed by atoms with E-state index >= 15 is 0 Å². The molecule has 0 unspecified atom stereocenters. The Labute approximate surface area is 135 Å². The number of hydrogen-bond acceptors (Lipinski definition) is 4. The number of nitrogens with one attached hydrogen (secondary N) is 1. The summed E-state index contributed by atoms with van der Waals surface area (Å²) in [7, 11) is 0. The summed E-state index contributed by atoms with van der Waals surface area (Å²) in [6, 6.07) is 6.49. The van der Waals surface area contributed by atoms with Gasteiger partial charge in [0, 0.05) is 12.1 Å². The molecule has 1 aromatic rings. The van der Waals surface area contributed by atoms with E-state index in [-0.39, 0.29) is 11.4 Å². The first-order valence-electron chi connectivity index (χ1n) is 7.03. The monoisotopic (exact) mass is 322 g/mol. The third kappa shape index (κ3) is 5.74. The normalized spacial score (nSPS) is 11.6. The van der Waals surface area contributed by atoms with Crippen molar-refractivity contribution in [2.75, 3.05) is 5.32 Å². The second kappa shape index (κ2) is 8.40. The zero-order valence-corrected chi connectivity index (χ0v) is 13.6. The van der Waals surface area contributed by atoms with Crippen molar-refractivity contribution in [2.45, 2.75) is 39.7 Å². The molecular weight excluding hydrogens is 304 g/mol. The maximum Gasteiger partial charge on any atom is 0.306 e. The molecule has 5 nitrogen and oxygen atoms in total. The number of amides is 1. The Bertz CT molecular complexity index is 594. The van der Waals surface area contributed by atoms with Crippen LogP contribution in [0.2, 0.25) is 5.02 Å². The molecule has 0 aromatic heterocycles. The molecule has 0 aliphatic rings. The summed E-state index contributed by atoms with van der Waals surface area (Å²) in [6.45, 7) is 5.53. The predicted octanol–water partition coefficient (Wildman–Crippen LogP) is 3.52. The van der Waals surface area contributed by atoms with E-state index in [1.54, 1.807) is 6.07 Å². The summed E-state index contributed by atoms with van der Waals surface area (Å²) < 4.78 is 5.07. The van der Waals surface area contributed by atoms with E-state index in [4.69, 9.17) is 21.6 Å². The van der Waals surface area contributed by atoms with Crippen LogP contribution < -0.4 is 5.32 Å². The van der Waals surface area contributed by atoms with Crippen LogP contribution in [0.4, 0.5) is 5.69 Å². The van der Waals surface area contributed by atoms with Gasteiger partial charge >= 0.3 is 5.97 Å². The summed E-state index contributed by atoms with van der Waals surface area (Å²) >= 11 is 5.89. The maximum absolute atomic E-state index is 12.0. The number of nitrogens with zero attached hydrogens (tertiary/aromatic N) is 1. The lowest BCUT2D eigenvalue weighted by atomic mass is 10.1. The summed E-state index contributed by atoms with van der Waals surface area (Å²) in [4.78, 5) is 23.5. The molecule has 1 aromatic carbocycles. The highest BCUT2D eigenvalue weighted by Gasteiger charge is 2.18. The third-order valence-corrected chi connectivity index (χ3v) is 3.27. The lowest BCUT2D eigenvalue weighted by Gasteiger charge is -2.14. The van der Waals surface area contributed by atoms with Crippen molar-refractivity contribution in [1.29, 1.82) is 5.26 Å². The number of esters is 1. The first-order chi connectivity index (χ1) is 10.3. The van der Waals surface area contributed by atoms with Gasteiger partial charge in [-0.2, -0.15) is 5.26 Å². The fraction of sp³-hybridized carbons (Fsp3) is 0.438. The molecular formula is C16H19ClN2O3. The lowest BCUT2D eigenvalue weighted by Crippen LogP contribution is -2.30. The molecule has 1 rings (SSSR count). The van der Waals surface area contributed by atoms with Crippen LogP contribution in [0.1, 0.15) is 39.2 Å². The number of ether oxygens (including phenoxy) is 1. The van der Waals surface area contributed by atoms with Gasteiger partial charge in [0.25, 0.3) is 5.91 Å². The minimum atomic E-state index is -0.894. The minimum absolute atomic E-state index is 0.252. The Morgan fingerprint density at radius 2 is 2.05 bits per heavy atom. The van der Waals surface area contributed by atoms with Gasteiger partial charge in [-0.25, -0.2) is 0 Å². The van der Waals surface area contributed by atoms with Crippen LogP contribution >= 0.6 is 11.6 Å². The molecule has 0 aliphatic carbocycles. The Kier molecular flexibility index (Phi) is 6.87. The van der Waals surface area contributed by atoms with Gasteiger partial charge in [-0.1, -0.05) is 25.4 Å². The SMILES string of the molecule is CC(C)CCC(=O)O[C@H](C)C(=O)Nc1ccc(C#N)c(Cl)c1. The highest BCUT2D eigenvalue weighted by molar-refractivity contribution is 6.32. The molecule has 0 heterocycles. The Morgan fingerprint density at radius 1 is 1.36 bits per heavy atom. The minimum Gasteiger partial charge on any atom is -0.453 e. The molecule has 0 fully saturated rings. The largest absolute Gasteiger partial charge is 0.453 e. The van der Waals surface area contributed by atoms with Crippen LogP contribution in [-0.4, -0.2) is 18.0 Å². The highest BCUT2D eigenvalue weighted by atomic mass is 35.5. The fourth-order valence-electron chi connectivity index (χ4n) is 1.64.